The van der Waals surface area contributed by atoms with Gasteiger partial charge in [0.2, 0.25) is 0 Å². The van der Waals surface area contributed by atoms with Crippen molar-refractivity contribution in [2.24, 2.45) is 0 Å². The second-order valence-electron chi connectivity index (χ2n) is 5.96. The third-order valence-corrected chi connectivity index (χ3v) is 4.19. The maximum absolute atomic E-state index is 12.4. The van der Waals surface area contributed by atoms with Gasteiger partial charge in [-0.15, -0.1) is 0 Å². The van der Waals surface area contributed by atoms with Crippen LogP contribution in [0, 0.1) is 6.92 Å². The molecule has 0 saturated carbocycles. The highest BCUT2D eigenvalue weighted by Crippen LogP contribution is 2.23. The summed E-state index contributed by atoms with van der Waals surface area (Å²) in [6.07, 6.45) is 4.81. The predicted molar refractivity (Wildman–Crippen MR) is 104 cm³/mol. The summed E-state index contributed by atoms with van der Waals surface area (Å²) in [5, 5.41) is 7.12. The lowest BCUT2D eigenvalue weighted by molar-refractivity contribution is 0.215. The van der Waals surface area contributed by atoms with E-state index in [0.29, 0.717) is 11.4 Å². The van der Waals surface area contributed by atoms with Gasteiger partial charge in [0.05, 0.1) is 29.0 Å². The van der Waals surface area contributed by atoms with Crippen molar-refractivity contribution in [2.45, 2.75) is 6.92 Å². The van der Waals surface area contributed by atoms with E-state index in [4.69, 9.17) is 4.74 Å². The molecule has 2 aromatic carbocycles. The van der Waals surface area contributed by atoms with Crippen LogP contribution < -0.4 is 10.1 Å². The third-order valence-electron chi connectivity index (χ3n) is 4.19. The van der Waals surface area contributed by atoms with E-state index in [1.165, 1.54) is 0 Å². The minimum absolute atomic E-state index is 0.412. The van der Waals surface area contributed by atoms with Crippen molar-refractivity contribution in [2.75, 3.05) is 5.32 Å². The molecule has 0 radical (unpaired) electrons. The molecule has 0 saturated heterocycles. The Balaban J connectivity index is 1.53. The average molecular weight is 358 g/mol. The summed E-state index contributed by atoms with van der Waals surface area (Å²) in [6, 6.07) is 21.1. The number of aromatic nitrogens is 3. The second kappa shape index (κ2) is 7.21. The zero-order valence-electron chi connectivity index (χ0n) is 14.7. The van der Waals surface area contributed by atoms with Crippen molar-refractivity contribution in [1.29, 1.82) is 0 Å². The Hall–Kier alpha value is -3.80. The molecule has 4 aromatic rings. The first kappa shape index (κ1) is 16.7. The fraction of sp³-hybridized carbons (Fsp3) is 0.0476. The van der Waals surface area contributed by atoms with Gasteiger partial charge < -0.3 is 9.30 Å². The van der Waals surface area contributed by atoms with Crippen molar-refractivity contribution in [1.82, 2.24) is 14.3 Å². The molecule has 1 N–H and O–H groups in total. The molecule has 1 amide bonds. The quantitative estimate of drug-likeness (QED) is 0.581. The highest BCUT2D eigenvalue weighted by atomic mass is 16.6. The monoisotopic (exact) mass is 358 g/mol. The largest absolute Gasteiger partial charge is 0.417 e. The Labute approximate surface area is 156 Å². The molecule has 6 nitrogen and oxygen atoms in total. The number of amides is 1. The van der Waals surface area contributed by atoms with E-state index in [2.05, 4.69) is 10.4 Å². The predicted octanol–water partition coefficient (Wildman–Crippen LogP) is 4.58. The molecule has 0 aliphatic heterocycles. The van der Waals surface area contributed by atoms with Gasteiger partial charge in [-0.2, -0.15) is 5.10 Å². The molecule has 0 atom stereocenters. The van der Waals surface area contributed by atoms with Gasteiger partial charge in [-0.25, -0.2) is 9.48 Å². The Morgan fingerprint density at radius 2 is 1.67 bits per heavy atom. The number of para-hydroxylation sites is 3. The molecule has 0 fully saturated rings. The van der Waals surface area contributed by atoms with Crippen molar-refractivity contribution < 1.29 is 9.53 Å². The van der Waals surface area contributed by atoms with Crippen molar-refractivity contribution in [3.8, 4) is 17.1 Å². The molecular weight excluding hydrogens is 340 g/mol. The number of anilines is 1. The van der Waals surface area contributed by atoms with Gasteiger partial charge in [-0.1, -0.05) is 30.3 Å². The second-order valence-corrected chi connectivity index (χ2v) is 5.96. The Bertz CT molecular complexity index is 1050. The van der Waals surface area contributed by atoms with Crippen LogP contribution in [-0.2, 0) is 0 Å². The lowest BCUT2D eigenvalue weighted by Gasteiger charge is -2.12. The number of carbonyl (C=O) groups is 1. The maximum atomic E-state index is 12.4. The summed E-state index contributed by atoms with van der Waals surface area (Å²) in [5.41, 5.74) is 3.17. The van der Waals surface area contributed by atoms with Crippen LogP contribution >= 0.6 is 0 Å². The fourth-order valence-electron chi connectivity index (χ4n) is 2.86. The van der Waals surface area contributed by atoms with Crippen LogP contribution in [0.5, 0.6) is 5.75 Å². The highest BCUT2D eigenvalue weighted by Gasteiger charge is 2.14. The highest BCUT2D eigenvalue weighted by molar-refractivity contribution is 5.89. The fourth-order valence-corrected chi connectivity index (χ4v) is 2.86. The Kier molecular flexibility index (Phi) is 4.45. The van der Waals surface area contributed by atoms with Crippen molar-refractivity contribution >= 4 is 11.8 Å². The molecule has 0 bridgehead atoms. The number of nitrogens with zero attached hydrogens (tertiary/aromatic N) is 3. The molecule has 27 heavy (non-hydrogen) atoms. The van der Waals surface area contributed by atoms with Gasteiger partial charge in [-0.3, -0.25) is 5.32 Å². The van der Waals surface area contributed by atoms with Crippen molar-refractivity contribution in [3.05, 3.63) is 91.0 Å². The van der Waals surface area contributed by atoms with Crippen LogP contribution in [0.2, 0.25) is 0 Å². The van der Waals surface area contributed by atoms with Gasteiger partial charge in [0.15, 0.2) is 5.75 Å². The summed E-state index contributed by atoms with van der Waals surface area (Å²) < 4.78 is 9.14. The summed E-state index contributed by atoms with van der Waals surface area (Å²) in [4.78, 5) is 12.4. The van der Waals surface area contributed by atoms with E-state index in [0.717, 1.165) is 17.1 Å². The zero-order chi connectivity index (χ0) is 18.6. The van der Waals surface area contributed by atoms with E-state index in [1.807, 2.05) is 90.6 Å². The topological polar surface area (TPSA) is 61.1 Å². The average Bonchev–Trinajstić information content (AvgIpc) is 3.34. The van der Waals surface area contributed by atoms with Gasteiger partial charge in [-0.05, 0) is 43.3 Å². The molecule has 0 aliphatic carbocycles. The minimum Gasteiger partial charge on any atom is -0.406 e. The number of rotatable bonds is 4. The summed E-state index contributed by atoms with van der Waals surface area (Å²) >= 11 is 0. The molecule has 2 aromatic heterocycles. The van der Waals surface area contributed by atoms with Gasteiger partial charge in [0.1, 0.15) is 0 Å². The summed E-state index contributed by atoms with van der Waals surface area (Å²) in [5.74, 6) is 0.412. The van der Waals surface area contributed by atoms with Crippen LogP contribution in [-0.4, -0.2) is 20.4 Å². The number of hydrogen-bond acceptors (Lipinski definition) is 3. The van der Waals surface area contributed by atoms with E-state index >= 15 is 0 Å². The molecule has 4 rings (SSSR count). The number of benzene rings is 2. The lowest BCUT2D eigenvalue weighted by Crippen LogP contribution is -2.18. The standard InChI is InChI=1S/C21H18N4O2/c1-16-20(15-22-25(16)17-9-3-2-4-10-17)27-21(26)23-18-11-5-6-12-19(18)24-13-7-8-14-24/h2-15H,1H3,(H,23,26). The van der Waals surface area contributed by atoms with Crippen LogP contribution in [0.15, 0.2) is 85.3 Å². The zero-order valence-corrected chi connectivity index (χ0v) is 14.7. The van der Waals surface area contributed by atoms with E-state index in [9.17, 15) is 4.79 Å². The smallest absolute Gasteiger partial charge is 0.406 e. The first-order valence-corrected chi connectivity index (χ1v) is 8.53. The minimum atomic E-state index is -0.565. The van der Waals surface area contributed by atoms with E-state index in [-0.39, 0.29) is 0 Å². The van der Waals surface area contributed by atoms with Crippen LogP contribution in [0.1, 0.15) is 5.69 Å². The number of nitrogens with one attached hydrogen (secondary N) is 1. The molecule has 2 heterocycles. The molecule has 0 aliphatic rings. The van der Waals surface area contributed by atoms with Gasteiger partial charge >= 0.3 is 6.09 Å². The van der Waals surface area contributed by atoms with E-state index < -0.39 is 6.09 Å². The SMILES string of the molecule is Cc1c(OC(=O)Nc2ccccc2-n2cccc2)cnn1-c1ccccc1. The van der Waals surface area contributed by atoms with Crippen LogP contribution in [0.4, 0.5) is 10.5 Å². The number of hydrogen-bond donors (Lipinski definition) is 1. The Morgan fingerprint density at radius 3 is 2.44 bits per heavy atom. The van der Waals surface area contributed by atoms with Crippen molar-refractivity contribution in [3.63, 3.8) is 0 Å². The summed E-state index contributed by atoms with van der Waals surface area (Å²) in [7, 11) is 0. The van der Waals surface area contributed by atoms with Gasteiger partial charge in [0, 0.05) is 12.4 Å². The maximum Gasteiger partial charge on any atom is 0.417 e. The summed E-state index contributed by atoms with van der Waals surface area (Å²) in [6.45, 7) is 1.86. The molecule has 0 unspecified atom stereocenters. The van der Waals surface area contributed by atoms with Crippen LogP contribution in [0.3, 0.4) is 0 Å². The molecule has 134 valence electrons. The number of ether oxygens (including phenoxy) is 1. The number of carbonyl (C=O) groups excluding carboxylic acids is 1. The first-order chi connectivity index (χ1) is 13.2. The third kappa shape index (κ3) is 3.46. The molecule has 6 heteroatoms. The van der Waals surface area contributed by atoms with Gasteiger partial charge in [0.25, 0.3) is 0 Å². The van der Waals surface area contributed by atoms with E-state index in [1.54, 1.807) is 10.9 Å². The molecular formula is C21H18N4O2. The lowest BCUT2D eigenvalue weighted by atomic mass is 10.2. The normalized spacial score (nSPS) is 10.6. The Morgan fingerprint density at radius 1 is 0.963 bits per heavy atom. The van der Waals surface area contributed by atoms with Crippen LogP contribution in [0.25, 0.3) is 11.4 Å². The molecule has 0 spiro atoms. The first-order valence-electron chi connectivity index (χ1n) is 8.53.